The largest absolute Gasteiger partial charge is 0.494 e. The van der Waals surface area contributed by atoms with Gasteiger partial charge in [0, 0.05) is 11.1 Å². The third-order valence-corrected chi connectivity index (χ3v) is 4.06. The van der Waals surface area contributed by atoms with E-state index in [1.165, 1.54) is 24.3 Å². The van der Waals surface area contributed by atoms with E-state index in [-0.39, 0.29) is 11.6 Å². The lowest BCUT2D eigenvalue weighted by atomic mass is 10.2. The van der Waals surface area contributed by atoms with E-state index in [0.29, 0.717) is 28.5 Å². The van der Waals surface area contributed by atoms with Crippen molar-refractivity contribution in [3.05, 3.63) is 78.4 Å². The number of halogens is 2. The molecule has 0 fully saturated rings. The first-order valence-corrected chi connectivity index (χ1v) is 8.00. The van der Waals surface area contributed by atoms with Crippen molar-refractivity contribution < 1.29 is 13.5 Å². The number of aromatic nitrogens is 2. The van der Waals surface area contributed by atoms with Crippen LogP contribution < -0.4 is 10.1 Å². The van der Waals surface area contributed by atoms with Gasteiger partial charge in [-0.25, -0.2) is 13.5 Å². The molecule has 0 atom stereocenters. The molecule has 0 unspecified atom stereocenters. The summed E-state index contributed by atoms with van der Waals surface area (Å²) in [5.41, 5.74) is 2.07. The van der Waals surface area contributed by atoms with Gasteiger partial charge in [-0.1, -0.05) is 6.07 Å². The van der Waals surface area contributed by atoms with Crippen molar-refractivity contribution in [2.75, 3.05) is 12.4 Å². The minimum Gasteiger partial charge on any atom is -0.494 e. The molecule has 4 aromatic rings. The van der Waals surface area contributed by atoms with Crippen molar-refractivity contribution in [2.24, 2.45) is 0 Å². The Morgan fingerprint density at radius 3 is 2.19 bits per heavy atom. The smallest absolute Gasteiger partial charge is 0.147 e. The summed E-state index contributed by atoms with van der Waals surface area (Å²) < 4.78 is 33.6. The average Bonchev–Trinajstić information content (AvgIpc) is 3.03. The molecule has 1 aromatic heterocycles. The molecule has 6 heteroatoms. The summed E-state index contributed by atoms with van der Waals surface area (Å²) in [6.45, 7) is 0. The van der Waals surface area contributed by atoms with Gasteiger partial charge >= 0.3 is 0 Å². The third kappa shape index (κ3) is 2.86. The maximum atomic E-state index is 13.3. The van der Waals surface area contributed by atoms with Gasteiger partial charge < -0.3 is 10.1 Å². The van der Waals surface area contributed by atoms with Crippen molar-refractivity contribution in [2.45, 2.75) is 0 Å². The van der Waals surface area contributed by atoms with E-state index >= 15 is 0 Å². The van der Waals surface area contributed by atoms with E-state index in [2.05, 4.69) is 10.4 Å². The van der Waals surface area contributed by atoms with Gasteiger partial charge in [-0.2, -0.15) is 5.10 Å². The second-order valence-electron chi connectivity index (χ2n) is 5.73. The zero-order valence-corrected chi connectivity index (χ0v) is 13.9. The molecule has 4 nitrogen and oxygen atoms in total. The zero-order valence-electron chi connectivity index (χ0n) is 13.9. The Balaban J connectivity index is 1.91. The molecule has 0 saturated carbocycles. The third-order valence-electron chi connectivity index (χ3n) is 4.06. The van der Waals surface area contributed by atoms with Gasteiger partial charge in [0.2, 0.25) is 0 Å². The monoisotopic (exact) mass is 351 g/mol. The molecular weight excluding hydrogens is 336 g/mol. The fourth-order valence-electron chi connectivity index (χ4n) is 2.80. The fourth-order valence-corrected chi connectivity index (χ4v) is 2.80. The first-order valence-electron chi connectivity index (χ1n) is 8.00. The standard InChI is InChI=1S/C20H15F2N3O/c1-26-18-4-2-3-17-19(18)24-25(16-11-7-14(22)8-12-16)20(17)23-15-9-5-13(21)6-10-15/h2-12,23H,1H3. The first kappa shape index (κ1) is 16.1. The van der Waals surface area contributed by atoms with E-state index in [0.717, 1.165) is 5.39 Å². The minimum atomic E-state index is -0.323. The molecule has 1 N–H and O–H groups in total. The number of benzene rings is 3. The van der Waals surface area contributed by atoms with Gasteiger partial charge in [-0.15, -0.1) is 0 Å². The van der Waals surface area contributed by atoms with Crippen molar-refractivity contribution in [3.8, 4) is 11.4 Å². The normalized spacial score (nSPS) is 10.9. The van der Waals surface area contributed by atoms with Crippen LogP contribution in [-0.2, 0) is 0 Å². The van der Waals surface area contributed by atoms with Crippen molar-refractivity contribution in [1.29, 1.82) is 0 Å². The van der Waals surface area contributed by atoms with Crippen LogP contribution in [0, 0.1) is 11.6 Å². The van der Waals surface area contributed by atoms with Crippen LogP contribution in [-0.4, -0.2) is 16.9 Å². The highest BCUT2D eigenvalue weighted by Crippen LogP contribution is 2.34. The van der Waals surface area contributed by atoms with Crippen molar-refractivity contribution in [1.82, 2.24) is 9.78 Å². The lowest BCUT2D eigenvalue weighted by molar-refractivity contribution is 0.418. The number of hydrogen-bond donors (Lipinski definition) is 1. The lowest BCUT2D eigenvalue weighted by Crippen LogP contribution is -2.02. The number of anilines is 2. The summed E-state index contributed by atoms with van der Waals surface area (Å²) in [5.74, 6) is 0.674. The van der Waals surface area contributed by atoms with E-state index in [4.69, 9.17) is 4.74 Å². The summed E-state index contributed by atoms with van der Waals surface area (Å²) >= 11 is 0. The Morgan fingerprint density at radius 2 is 1.54 bits per heavy atom. The Hall–Kier alpha value is -3.41. The fraction of sp³-hybridized carbons (Fsp3) is 0.0500. The molecule has 0 radical (unpaired) electrons. The Morgan fingerprint density at radius 1 is 0.885 bits per heavy atom. The Bertz CT molecular complexity index is 1060. The number of ether oxygens (including phenoxy) is 1. The van der Waals surface area contributed by atoms with Gasteiger partial charge in [0.1, 0.15) is 28.7 Å². The summed E-state index contributed by atoms with van der Waals surface area (Å²) in [6.07, 6.45) is 0. The van der Waals surface area contributed by atoms with Crippen LogP contribution in [0.25, 0.3) is 16.6 Å². The number of hydrogen-bond acceptors (Lipinski definition) is 3. The summed E-state index contributed by atoms with van der Waals surface area (Å²) in [6, 6.07) is 17.7. The SMILES string of the molecule is COc1cccc2c(Nc3ccc(F)cc3)n(-c3ccc(F)cc3)nc12. The molecule has 0 spiro atoms. The maximum Gasteiger partial charge on any atom is 0.147 e. The van der Waals surface area contributed by atoms with Gasteiger partial charge in [0.15, 0.2) is 0 Å². The molecule has 0 aliphatic rings. The molecule has 0 bridgehead atoms. The Labute approximate surface area is 148 Å². The molecule has 4 rings (SSSR count). The van der Waals surface area contributed by atoms with Crippen LogP contribution >= 0.6 is 0 Å². The highest BCUT2D eigenvalue weighted by atomic mass is 19.1. The molecule has 130 valence electrons. The Kier molecular flexibility index (Phi) is 4.01. The highest BCUT2D eigenvalue weighted by Gasteiger charge is 2.16. The molecule has 26 heavy (non-hydrogen) atoms. The number of nitrogens with zero attached hydrogens (tertiary/aromatic N) is 2. The van der Waals surface area contributed by atoms with Crippen LogP contribution in [0.15, 0.2) is 66.7 Å². The predicted octanol–water partition coefficient (Wildman–Crippen LogP) is 5.06. The molecule has 3 aromatic carbocycles. The molecule has 1 heterocycles. The van der Waals surface area contributed by atoms with Crippen LogP contribution in [0.3, 0.4) is 0 Å². The van der Waals surface area contributed by atoms with Crippen LogP contribution in [0.1, 0.15) is 0 Å². The molecule has 0 aliphatic heterocycles. The second kappa shape index (κ2) is 6.48. The molecular formula is C20H15F2N3O. The summed E-state index contributed by atoms with van der Waals surface area (Å²) in [4.78, 5) is 0. The summed E-state index contributed by atoms with van der Waals surface area (Å²) in [5, 5.41) is 8.73. The van der Waals surface area contributed by atoms with Crippen molar-refractivity contribution in [3.63, 3.8) is 0 Å². The van der Waals surface area contributed by atoms with Gasteiger partial charge in [0.05, 0.1) is 12.8 Å². The predicted molar refractivity (Wildman–Crippen MR) is 97.3 cm³/mol. The quantitative estimate of drug-likeness (QED) is 0.559. The van der Waals surface area contributed by atoms with Crippen molar-refractivity contribution >= 4 is 22.4 Å². The highest BCUT2D eigenvalue weighted by molar-refractivity contribution is 5.96. The van der Waals surface area contributed by atoms with Crippen LogP contribution in [0.5, 0.6) is 5.75 Å². The second-order valence-corrected chi connectivity index (χ2v) is 5.73. The van der Waals surface area contributed by atoms with Gasteiger partial charge in [-0.3, -0.25) is 0 Å². The van der Waals surface area contributed by atoms with Crippen LogP contribution in [0.4, 0.5) is 20.3 Å². The molecule has 0 saturated heterocycles. The number of fused-ring (bicyclic) bond motifs is 1. The molecule has 0 amide bonds. The number of rotatable bonds is 4. The topological polar surface area (TPSA) is 39.1 Å². The number of nitrogens with one attached hydrogen (secondary N) is 1. The van der Waals surface area contributed by atoms with E-state index in [9.17, 15) is 8.78 Å². The van der Waals surface area contributed by atoms with Crippen LogP contribution in [0.2, 0.25) is 0 Å². The van der Waals surface area contributed by atoms with E-state index < -0.39 is 0 Å². The lowest BCUT2D eigenvalue weighted by Gasteiger charge is -2.10. The maximum absolute atomic E-state index is 13.3. The minimum absolute atomic E-state index is 0.311. The van der Waals surface area contributed by atoms with Gasteiger partial charge in [0.25, 0.3) is 0 Å². The number of methoxy groups -OCH3 is 1. The average molecular weight is 351 g/mol. The molecule has 0 aliphatic carbocycles. The first-order chi connectivity index (χ1) is 12.7. The summed E-state index contributed by atoms with van der Waals surface area (Å²) in [7, 11) is 1.58. The van der Waals surface area contributed by atoms with E-state index in [1.54, 1.807) is 36.1 Å². The van der Waals surface area contributed by atoms with Gasteiger partial charge in [-0.05, 0) is 60.7 Å². The van der Waals surface area contributed by atoms with E-state index in [1.807, 2.05) is 18.2 Å². The zero-order chi connectivity index (χ0) is 18.1.